The lowest BCUT2D eigenvalue weighted by atomic mass is 10.3. The second kappa shape index (κ2) is 10.6. The van der Waals surface area contributed by atoms with Gasteiger partial charge in [-0.3, -0.25) is 19.3 Å². The quantitative estimate of drug-likeness (QED) is 0.263. The first-order chi connectivity index (χ1) is 8.24. The van der Waals surface area contributed by atoms with Crippen LogP contribution in [0.5, 0.6) is 0 Å². The van der Waals surface area contributed by atoms with Crippen LogP contribution in [0, 0.1) is 11.3 Å². The van der Waals surface area contributed by atoms with Crippen molar-refractivity contribution in [1.29, 1.82) is 5.26 Å². The van der Waals surface area contributed by atoms with E-state index in [0.29, 0.717) is 32.6 Å². The van der Waals surface area contributed by atoms with Crippen molar-refractivity contribution in [3.63, 3.8) is 0 Å². The summed E-state index contributed by atoms with van der Waals surface area (Å²) in [4.78, 5) is 32.5. The van der Waals surface area contributed by atoms with Gasteiger partial charge in [-0.2, -0.15) is 5.26 Å². The summed E-state index contributed by atoms with van der Waals surface area (Å²) in [7, 11) is 0. The molecule has 0 saturated heterocycles. The molecule has 0 spiro atoms. The lowest BCUT2D eigenvalue weighted by molar-refractivity contribution is -0.129. The van der Waals surface area contributed by atoms with Gasteiger partial charge >= 0.3 is 0 Å². The number of rotatable bonds is 11. The summed E-state index contributed by atoms with van der Waals surface area (Å²) in [5, 5.41) is 8.32. The number of ether oxygens (including phenoxy) is 2. The molecule has 17 heavy (non-hydrogen) atoms. The Labute approximate surface area is 98.9 Å². The highest BCUT2D eigenvalue weighted by Crippen LogP contribution is 1.93. The van der Waals surface area contributed by atoms with Gasteiger partial charge in [-0.05, 0) is 0 Å². The second-order valence-corrected chi connectivity index (χ2v) is 3.06. The zero-order valence-electron chi connectivity index (χ0n) is 9.33. The maximum Gasteiger partial charge on any atom is 0.293 e. The molecule has 0 saturated carbocycles. The Balaban J connectivity index is 3.91. The summed E-state index contributed by atoms with van der Waals surface area (Å²) in [6.07, 6.45) is 0.0959. The summed E-state index contributed by atoms with van der Waals surface area (Å²) < 4.78 is 9.04. The molecule has 0 radical (unpaired) electrons. The van der Waals surface area contributed by atoms with E-state index >= 15 is 0 Å². The lowest BCUT2D eigenvalue weighted by Gasteiger charge is -2.20. The van der Waals surface area contributed by atoms with Crippen LogP contribution in [-0.4, -0.2) is 56.5 Å². The van der Waals surface area contributed by atoms with Crippen molar-refractivity contribution in [1.82, 2.24) is 4.90 Å². The van der Waals surface area contributed by atoms with E-state index in [4.69, 9.17) is 5.26 Å². The van der Waals surface area contributed by atoms with Crippen molar-refractivity contribution in [3.8, 4) is 6.07 Å². The van der Waals surface area contributed by atoms with E-state index in [1.54, 1.807) is 4.90 Å². The monoisotopic (exact) mass is 242 g/mol. The zero-order chi connectivity index (χ0) is 12.9. The van der Waals surface area contributed by atoms with Gasteiger partial charge in [0.15, 0.2) is 0 Å². The van der Waals surface area contributed by atoms with Crippen molar-refractivity contribution in [2.75, 3.05) is 32.8 Å². The van der Waals surface area contributed by atoms with Gasteiger partial charge in [-0.1, -0.05) is 0 Å². The largest absolute Gasteiger partial charge is 0.467 e. The average molecular weight is 242 g/mol. The van der Waals surface area contributed by atoms with E-state index in [-0.39, 0.29) is 19.6 Å². The number of hydrogen-bond donors (Lipinski definition) is 0. The SMILES string of the molecule is N#CC(=O)CCN(CCOC=O)CCOC=O. The van der Waals surface area contributed by atoms with Gasteiger partial charge in [-0.25, -0.2) is 0 Å². The van der Waals surface area contributed by atoms with Crippen molar-refractivity contribution in [3.05, 3.63) is 0 Å². The molecule has 94 valence electrons. The molecule has 0 aromatic carbocycles. The van der Waals surface area contributed by atoms with E-state index in [1.807, 2.05) is 0 Å². The van der Waals surface area contributed by atoms with Crippen LogP contribution in [-0.2, 0) is 23.9 Å². The molecule has 0 aromatic rings. The number of carbonyl (C=O) groups excluding carboxylic acids is 3. The number of hydrogen-bond acceptors (Lipinski definition) is 7. The van der Waals surface area contributed by atoms with Crippen LogP contribution in [0.1, 0.15) is 6.42 Å². The van der Waals surface area contributed by atoms with Crippen LogP contribution >= 0.6 is 0 Å². The van der Waals surface area contributed by atoms with Crippen LogP contribution in [0.3, 0.4) is 0 Å². The number of Topliss-reactive ketones (excluding diaryl/α,β-unsaturated/α-hetero) is 1. The minimum atomic E-state index is -0.511. The minimum Gasteiger partial charge on any atom is -0.467 e. The summed E-state index contributed by atoms with van der Waals surface area (Å²) in [6, 6.07) is 1.51. The highest BCUT2D eigenvalue weighted by Gasteiger charge is 2.08. The fourth-order valence-electron chi connectivity index (χ4n) is 1.11. The summed E-state index contributed by atoms with van der Waals surface area (Å²) in [5.41, 5.74) is 0. The van der Waals surface area contributed by atoms with Gasteiger partial charge in [0.05, 0.1) is 0 Å². The predicted octanol–water partition coefficient (Wildman–Crippen LogP) is -0.883. The molecule has 0 bridgehead atoms. The van der Waals surface area contributed by atoms with Crippen LogP contribution in [0.15, 0.2) is 0 Å². The minimum absolute atomic E-state index is 0.0959. The Hall–Kier alpha value is -1.94. The normalized spacial score (nSPS) is 9.41. The first kappa shape index (κ1) is 15.1. The fourth-order valence-corrected chi connectivity index (χ4v) is 1.11. The third-order valence-corrected chi connectivity index (χ3v) is 1.97. The number of ketones is 1. The van der Waals surface area contributed by atoms with Gasteiger partial charge in [0, 0.05) is 26.1 Å². The van der Waals surface area contributed by atoms with Crippen LogP contribution in [0.2, 0.25) is 0 Å². The van der Waals surface area contributed by atoms with Gasteiger partial charge in [0.25, 0.3) is 12.9 Å². The molecule has 0 amide bonds. The molecular formula is C10H14N2O5. The highest BCUT2D eigenvalue weighted by molar-refractivity contribution is 5.93. The third kappa shape index (κ3) is 9.02. The Kier molecular flexibility index (Phi) is 9.37. The predicted molar refractivity (Wildman–Crippen MR) is 55.7 cm³/mol. The Morgan fingerprint density at radius 1 is 1.12 bits per heavy atom. The van der Waals surface area contributed by atoms with Crippen molar-refractivity contribution in [2.24, 2.45) is 0 Å². The van der Waals surface area contributed by atoms with Gasteiger partial charge < -0.3 is 9.47 Å². The number of nitriles is 1. The van der Waals surface area contributed by atoms with E-state index in [1.165, 1.54) is 6.07 Å². The first-order valence-corrected chi connectivity index (χ1v) is 5.00. The second-order valence-electron chi connectivity index (χ2n) is 3.06. The number of carbonyl (C=O) groups is 3. The first-order valence-electron chi connectivity index (χ1n) is 5.00. The standard InChI is InChI=1S/C10H14N2O5/c11-7-10(15)1-2-12(3-5-16-8-13)4-6-17-9-14/h8-9H,1-6H2. The molecule has 7 heteroatoms. The lowest BCUT2D eigenvalue weighted by Crippen LogP contribution is -2.32. The fraction of sp³-hybridized carbons (Fsp3) is 0.600. The van der Waals surface area contributed by atoms with Gasteiger partial charge in [0.2, 0.25) is 5.78 Å². The smallest absolute Gasteiger partial charge is 0.293 e. The van der Waals surface area contributed by atoms with Crippen LogP contribution < -0.4 is 0 Å². The van der Waals surface area contributed by atoms with E-state index in [0.717, 1.165) is 0 Å². The van der Waals surface area contributed by atoms with Crippen LogP contribution in [0.4, 0.5) is 0 Å². The third-order valence-electron chi connectivity index (χ3n) is 1.97. The van der Waals surface area contributed by atoms with Gasteiger partial charge in [0.1, 0.15) is 19.3 Å². The topological polar surface area (TPSA) is 96.7 Å². The maximum absolute atomic E-state index is 10.8. The molecule has 0 heterocycles. The molecule has 7 nitrogen and oxygen atoms in total. The van der Waals surface area contributed by atoms with E-state index in [9.17, 15) is 14.4 Å². The van der Waals surface area contributed by atoms with E-state index in [2.05, 4.69) is 9.47 Å². The zero-order valence-corrected chi connectivity index (χ0v) is 9.33. The Bertz CT molecular complexity index is 273. The number of nitrogens with zero attached hydrogens (tertiary/aromatic N) is 2. The summed E-state index contributed by atoms with van der Waals surface area (Å²) in [6.45, 7) is 2.23. The molecule has 0 aromatic heterocycles. The summed E-state index contributed by atoms with van der Waals surface area (Å²) >= 11 is 0. The molecule has 0 aliphatic rings. The van der Waals surface area contributed by atoms with E-state index < -0.39 is 5.78 Å². The van der Waals surface area contributed by atoms with Crippen molar-refractivity contribution >= 4 is 18.7 Å². The van der Waals surface area contributed by atoms with Crippen LogP contribution in [0.25, 0.3) is 0 Å². The molecule has 0 aliphatic heterocycles. The molecule has 0 atom stereocenters. The highest BCUT2D eigenvalue weighted by atomic mass is 16.5. The average Bonchev–Trinajstić information content (AvgIpc) is 2.35. The molecule has 0 rings (SSSR count). The Morgan fingerprint density at radius 3 is 2.06 bits per heavy atom. The molecular weight excluding hydrogens is 228 g/mol. The Morgan fingerprint density at radius 2 is 1.65 bits per heavy atom. The maximum atomic E-state index is 10.8. The van der Waals surface area contributed by atoms with Crippen molar-refractivity contribution < 1.29 is 23.9 Å². The van der Waals surface area contributed by atoms with Gasteiger partial charge in [-0.15, -0.1) is 0 Å². The summed E-state index contributed by atoms with van der Waals surface area (Å²) in [5.74, 6) is -0.511. The van der Waals surface area contributed by atoms with Crippen molar-refractivity contribution in [2.45, 2.75) is 6.42 Å². The molecule has 0 N–H and O–H groups in total. The molecule has 0 fully saturated rings. The molecule has 0 aliphatic carbocycles. The molecule has 0 unspecified atom stereocenters.